The summed E-state index contributed by atoms with van der Waals surface area (Å²) in [6, 6.07) is 13.7. The van der Waals surface area contributed by atoms with Crippen LogP contribution in [0.3, 0.4) is 0 Å². The van der Waals surface area contributed by atoms with E-state index in [1.165, 1.54) is 11.1 Å². The van der Waals surface area contributed by atoms with Gasteiger partial charge in [0.15, 0.2) is 5.96 Å². The lowest BCUT2D eigenvalue weighted by atomic mass is 10.1. The first kappa shape index (κ1) is 19.5. The number of benzene rings is 2. The van der Waals surface area contributed by atoms with Gasteiger partial charge in [-0.2, -0.15) is 0 Å². The molecule has 0 heterocycles. The van der Waals surface area contributed by atoms with E-state index in [2.05, 4.69) is 16.4 Å². The molecular weight excluding hydrogens is 324 g/mol. The van der Waals surface area contributed by atoms with Crippen LogP contribution in [0, 0.1) is 13.8 Å². The summed E-state index contributed by atoms with van der Waals surface area (Å²) in [5, 5.41) is 3.12. The van der Waals surface area contributed by atoms with Crippen molar-refractivity contribution >= 4 is 17.6 Å². The second kappa shape index (κ2) is 9.04. The van der Waals surface area contributed by atoms with Gasteiger partial charge in [0.05, 0.1) is 6.54 Å². The molecule has 0 atom stereocenters. The van der Waals surface area contributed by atoms with Crippen LogP contribution >= 0.6 is 0 Å². The molecule has 2 aromatic rings. The fourth-order valence-corrected chi connectivity index (χ4v) is 2.86. The fourth-order valence-electron chi connectivity index (χ4n) is 2.86. The standard InChI is InChI=1S/C21H28N4O/c1-5-25(6-2)20(26)18-9-7-17(8-10-18)14-23-21(22)24-19-12-15(3)11-16(4)13-19/h7-13H,5-6,14H2,1-4H3,(H3,22,23,24). The first-order chi connectivity index (χ1) is 12.4. The highest BCUT2D eigenvalue weighted by atomic mass is 16.2. The van der Waals surface area contributed by atoms with E-state index in [-0.39, 0.29) is 5.91 Å². The van der Waals surface area contributed by atoms with Crippen LogP contribution in [0.4, 0.5) is 5.69 Å². The number of rotatable bonds is 6. The molecule has 0 aromatic heterocycles. The summed E-state index contributed by atoms with van der Waals surface area (Å²) >= 11 is 0. The molecule has 2 rings (SSSR count). The Labute approximate surface area is 155 Å². The molecule has 0 saturated heterocycles. The normalized spacial score (nSPS) is 11.3. The quantitative estimate of drug-likeness (QED) is 0.615. The Kier molecular flexibility index (Phi) is 6.78. The summed E-state index contributed by atoms with van der Waals surface area (Å²) in [5.74, 6) is 0.430. The molecule has 2 aromatic carbocycles. The lowest BCUT2D eigenvalue weighted by molar-refractivity contribution is 0.0773. The predicted molar refractivity (Wildman–Crippen MR) is 109 cm³/mol. The topological polar surface area (TPSA) is 70.7 Å². The Balaban J connectivity index is 2.00. The summed E-state index contributed by atoms with van der Waals surface area (Å²) in [6.45, 7) is 9.94. The summed E-state index contributed by atoms with van der Waals surface area (Å²) in [5.41, 5.74) is 11.0. The third-order valence-electron chi connectivity index (χ3n) is 4.18. The van der Waals surface area contributed by atoms with Gasteiger partial charge in [-0.15, -0.1) is 0 Å². The van der Waals surface area contributed by atoms with E-state index in [9.17, 15) is 4.79 Å². The van der Waals surface area contributed by atoms with Gasteiger partial charge in [-0.1, -0.05) is 18.2 Å². The van der Waals surface area contributed by atoms with Crippen LogP contribution in [-0.4, -0.2) is 29.9 Å². The number of anilines is 1. The van der Waals surface area contributed by atoms with Gasteiger partial charge >= 0.3 is 0 Å². The van der Waals surface area contributed by atoms with Gasteiger partial charge < -0.3 is 16.0 Å². The second-order valence-corrected chi connectivity index (χ2v) is 6.38. The molecule has 0 saturated carbocycles. The van der Waals surface area contributed by atoms with Gasteiger partial charge in [-0.25, -0.2) is 4.99 Å². The molecule has 0 bridgehead atoms. The van der Waals surface area contributed by atoms with E-state index in [1.807, 2.05) is 64.1 Å². The molecular formula is C21H28N4O. The number of carbonyl (C=O) groups is 1. The minimum atomic E-state index is 0.0565. The Morgan fingerprint density at radius 2 is 1.62 bits per heavy atom. The Hall–Kier alpha value is -2.82. The molecule has 0 aliphatic carbocycles. The summed E-state index contributed by atoms with van der Waals surface area (Å²) in [4.78, 5) is 18.5. The average molecular weight is 352 g/mol. The molecule has 26 heavy (non-hydrogen) atoms. The molecule has 1 amide bonds. The lowest BCUT2D eigenvalue weighted by Gasteiger charge is -2.18. The van der Waals surface area contributed by atoms with Crippen molar-refractivity contribution in [3.8, 4) is 0 Å². The van der Waals surface area contributed by atoms with Gasteiger partial charge in [-0.05, 0) is 68.7 Å². The minimum absolute atomic E-state index is 0.0565. The number of nitrogens with two attached hydrogens (primary N) is 1. The fraction of sp³-hybridized carbons (Fsp3) is 0.333. The van der Waals surface area contributed by atoms with Gasteiger partial charge in [0.1, 0.15) is 0 Å². The highest BCUT2D eigenvalue weighted by Gasteiger charge is 2.11. The second-order valence-electron chi connectivity index (χ2n) is 6.38. The van der Waals surface area contributed by atoms with Crippen molar-refractivity contribution in [2.24, 2.45) is 10.7 Å². The molecule has 0 fully saturated rings. The highest BCUT2D eigenvalue weighted by molar-refractivity contribution is 5.94. The lowest BCUT2D eigenvalue weighted by Crippen LogP contribution is -2.30. The Bertz CT molecular complexity index is 757. The van der Waals surface area contributed by atoms with Crippen molar-refractivity contribution in [1.82, 2.24) is 4.90 Å². The van der Waals surface area contributed by atoms with Gasteiger partial charge in [0.2, 0.25) is 0 Å². The van der Waals surface area contributed by atoms with Crippen molar-refractivity contribution in [1.29, 1.82) is 0 Å². The number of aryl methyl sites for hydroxylation is 2. The molecule has 0 spiro atoms. The zero-order chi connectivity index (χ0) is 19.1. The first-order valence-electron chi connectivity index (χ1n) is 8.96. The smallest absolute Gasteiger partial charge is 0.253 e. The number of hydrogen-bond acceptors (Lipinski definition) is 2. The number of hydrogen-bond donors (Lipinski definition) is 2. The van der Waals surface area contributed by atoms with E-state index >= 15 is 0 Å². The number of carbonyl (C=O) groups excluding carboxylic acids is 1. The molecule has 5 heteroatoms. The summed E-state index contributed by atoms with van der Waals surface area (Å²) < 4.78 is 0. The van der Waals surface area contributed by atoms with Crippen LogP contribution in [0.2, 0.25) is 0 Å². The molecule has 0 radical (unpaired) electrons. The van der Waals surface area contributed by atoms with E-state index in [0.717, 1.165) is 11.3 Å². The zero-order valence-corrected chi connectivity index (χ0v) is 16.0. The van der Waals surface area contributed by atoms with Crippen molar-refractivity contribution in [3.63, 3.8) is 0 Å². The van der Waals surface area contributed by atoms with Crippen molar-refractivity contribution in [3.05, 3.63) is 64.7 Å². The average Bonchev–Trinajstić information content (AvgIpc) is 2.60. The summed E-state index contributed by atoms with van der Waals surface area (Å²) in [7, 11) is 0. The third kappa shape index (κ3) is 5.34. The van der Waals surface area contributed by atoms with Crippen molar-refractivity contribution in [2.75, 3.05) is 18.4 Å². The zero-order valence-electron chi connectivity index (χ0n) is 16.0. The number of nitrogens with zero attached hydrogens (tertiary/aromatic N) is 2. The van der Waals surface area contributed by atoms with Crippen LogP contribution in [0.25, 0.3) is 0 Å². The first-order valence-corrected chi connectivity index (χ1v) is 8.96. The molecule has 138 valence electrons. The van der Waals surface area contributed by atoms with Crippen molar-refractivity contribution < 1.29 is 4.79 Å². The van der Waals surface area contributed by atoms with Crippen LogP contribution in [-0.2, 0) is 6.54 Å². The van der Waals surface area contributed by atoms with Crippen molar-refractivity contribution in [2.45, 2.75) is 34.2 Å². The van der Waals surface area contributed by atoms with E-state index in [0.29, 0.717) is 31.2 Å². The summed E-state index contributed by atoms with van der Waals surface area (Å²) in [6.07, 6.45) is 0. The molecule has 5 nitrogen and oxygen atoms in total. The highest BCUT2D eigenvalue weighted by Crippen LogP contribution is 2.13. The largest absolute Gasteiger partial charge is 0.370 e. The molecule has 0 aliphatic heterocycles. The van der Waals surface area contributed by atoms with Crippen LogP contribution in [0.15, 0.2) is 47.5 Å². The van der Waals surface area contributed by atoms with Gasteiger partial charge in [-0.3, -0.25) is 4.79 Å². The molecule has 3 N–H and O–H groups in total. The Morgan fingerprint density at radius 3 is 2.15 bits per heavy atom. The maximum atomic E-state index is 12.3. The SMILES string of the molecule is CCN(CC)C(=O)c1ccc(CN=C(N)Nc2cc(C)cc(C)c2)cc1. The number of amides is 1. The third-order valence-corrected chi connectivity index (χ3v) is 4.18. The number of aliphatic imine (C=N–C) groups is 1. The van der Waals surface area contributed by atoms with E-state index < -0.39 is 0 Å². The van der Waals surface area contributed by atoms with Crippen LogP contribution < -0.4 is 11.1 Å². The maximum Gasteiger partial charge on any atom is 0.253 e. The van der Waals surface area contributed by atoms with Crippen LogP contribution in [0.5, 0.6) is 0 Å². The minimum Gasteiger partial charge on any atom is -0.370 e. The number of guanidine groups is 1. The van der Waals surface area contributed by atoms with Crippen LogP contribution in [0.1, 0.15) is 40.9 Å². The van der Waals surface area contributed by atoms with Gasteiger partial charge in [0.25, 0.3) is 5.91 Å². The maximum absolute atomic E-state index is 12.3. The predicted octanol–water partition coefficient (Wildman–Crippen LogP) is 3.71. The number of nitrogens with one attached hydrogen (secondary N) is 1. The Morgan fingerprint density at radius 1 is 1.04 bits per heavy atom. The molecule has 0 aliphatic rings. The molecule has 0 unspecified atom stereocenters. The van der Waals surface area contributed by atoms with E-state index in [4.69, 9.17) is 5.73 Å². The monoisotopic (exact) mass is 352 g/mol. The van der Waals surface area contributed by atoms with E-state index in [1.54, 1.807) is 4.90 Å². The van der Waals surface area contributed by atoms with Gasteiger partial charge in [0, 0.05) is 24.3 Å².